The zero-order chi connectivity index (χ0) is 25.3. The maximum atomic E-state index is 12.0. The van der Waals surface area contributed by atoms with Gasteiger partial charge in [-0.2, -0.15) is 0 Å². The van der Waals surface area contributed by atoms with E-state index in [1.165, 1.54) is 0 Å². The number of fused-ring (bicyclic) bond motifs is 1. The van der Waals surface area contributed by atoms with Gasteiger partial charge in [-0.1, -0.05) is 13.8 Å². The zero-order valence-electron chi connectivity index (χ0n) is 20.7. The van der Waals surface area contributed by atoms with Crippen LogP contribution in [0.15, 0.2) is 36.5 Å². The molecule has 1 aliphatic heterocycles. The van der Waals surface area contributed by atoms with Crippen LogP contribution in [0.5, 0.6) is 0 Å². The second kappa shape index (κ2) is 10.2. The standard InChI is InChI=1S/C26H32IN5O3/c1-15-13-32(14-16(2)24(15)33)22-9-7-19(27)23(31-22)20-8-6-17-11-28-18(10-21(17)30-20)12-29-25(34)35-26(3,4)5/h6-11,15-16,24,33H,12-14H2,1-5H3,(H,29,34)/t15-,16+,24?. The van der Waals surface area contributed by atoms with Gasteiger partial charge < -0.3 is 20.1 Å². The van der Waals surface area contributed by atoms with Gasteiger partial charge in [0.05, 0.1) is 29.6 Å². The second-order valence-electron chi connectivity index (χ2n) is 10.3. The number of amides is 1. The molecule has 0 aromatic carbocycles. The molecule has 8 nitrogen and oxygen atoms in total. The minimum absolute atomic E-state index is 0.183. The molecule has 0 bridgehead atoms. The van der Waals surface area contributed by atoms with Crippen LogP contribution in [-0.2, 0) is 11.3 Å². The summed E-state index contributed by atoms with van der Waals surface area (Å²) in [5, 5.41) is 14.0. The highest BCUT2D eigenvalue weighted by molar-refractivity contribution is 14.1. The fourth-order valence-corrected chi connectivity index (χ4v) is 4.86. The van der Waals surface area contributed by atoms with Crippen molar-refractivity contribution < 1.29 is 14.6 Å². The zero-order valence-corrected chi connectivity index (χ0v) is 22.9. The first kappa shape index (κ1) is 25.6. The lowest BCUT2D eigenvalue weighted by atomic mass is 9.88. The number of aromatic nitrogens is 3. The van der Waals surface area contributed by atoms with Gasteiger partial charge >= 0.3 is 6.09 Å². The van der Waals surface area contributed by atoms with Gasteiger partial charge in [0.1, 0.15) is 17.1 Å². The summed E-state index contributed by atoms with van der Waals surface area (Å²) in [4.78, 5) is 28.5. The Labute approximate surface area is 219 Å². The van der Waals surface area contributed by atoms with Crippen molar-refractivity contribution in [3.63, 3.8) is 0 Å². The quantitative estimate of drug-likeness (QED) is 0.423. The van der Waals surface area contributed by atoms with Gasteiger partial charge in [0.2, 0.25) is 0 Å². The van der Waals surface area contributed by atoms with Gasteiger partial charge in [0, 0.05) is 28.2 Å². The molecule has 1 fully saturated rings. The van der Waals surface area contributed by atoms with Crippen LogP contribution < -0.4 is 10.2 Å². The summed E-state index contributed by atoms with van der Waals surface area (Å²) in [6.45, 7) is 11.4. The maximum absolute atomic E-state index is 12.0. The molecule has 1 aliphatic rings. The smallest absolute Gasteiger partial charge is 0.407 e. The Kier molecular flexibility index (Phi) is 7.46. The average Bonchev–Trinajstić information content (AvgIpc) is 2.79. The number of piperidine rings is 1. The first-order valence-electron chi connectivity index (χ1n) is 11.8. The molecule has 3 aromatic rings. The molecule has 9 heteroatoms. The summed E-state index contributed by atoms with van der Waals surface area (Å²) in [6, 6.07) is 9.92. The number of aliphatic hydroxyl groups is 1. The van der Waals surface area contributed by atoms with Crippen LogP contribution >= 0.6 is 22.6 Å². The number of alkyl carbamates (subject to hydrolysis) is 1. The first-order valence-corrected chi connectivity index (χ1v) is 12.9. The molecule has 1 amide bonds. The number of carbonyl (C=O) groups excluding carboxylic acids is 1. The van der Waals surface area contributed by atoms with Crippen LogP contribution in [0.4, 0.5) is 10.6 Å². The molecular weight excluding hydrogens is 557 g/mol. The van der Waals surface area contributed by atoms with Crippen molar-refractivity contribution in [1.82, 2.24) is 20.3 Å². The van der Waals surface area contributed by atoms with Crippen LogP contribution in [0.2, 0.25) is 0 Å². The molecule has 186 valence electrons. The van der Waals surface area contributed by atoms with Gasteiger partial charge in [-0.15, -0.1) is 0 Å². The highest BCUT2D eigenvalue weighted by Gasteiger charge is 2.31. The Morgan fingerprint density at radius 2 is 1.89 bits per heavy atom. The number of hydrogen-bond donors (Lipinski definition) is 2. The summed E-state index contributed by atoms with van der Waals surface area (Å²) < 4.78 is 6.31. The van der Waals surface area contributed by atoms with Gasteiger partial charge in [0.15, 0.2) is 0 Å². The van der Waals surface area contributed by atoms with Crippen molar-refractivity contribution in [2.45, 2.75) is 52.9 Å². The minimum atomic E-state index is -0.555. The van der Waals surface area contributed by atoms with E-state index in [1.807, 2.05) is 45.0 Å². The monoisotopic (exact) mass is 589 g/mol. The molecule has 2 N–H and O–H groups in total. The van der Waals surface area contributed by atoms with Gasteiger partial charge in [-0.25, -0.2) is 14.8 Å². The Hall–Kier alpha value is -2.53. The topological polar surface area (TPSA) is 100 Å². The van der Waals surface area contributed by atoms with Crippen LogP contribution in [0, 0.1) is 15.4 Å². The van der Waals surface area contributed by atoms with E-state index < -0.39 is 11.7 Å². The number of nitrogens with zero attached hydrogens (tertiary/aromatic N) is 4. The summed E-state index contributed by atoms with van der Waals surface area (Å²) in [5.41, 5.74) is 2.52. The van der Waals surface area contributed by atoms with Crippen LogP contribution in [0.3, 0.4) is 0 Å². The normalized spacial score (nSPS) is 20.7. The van der Waals surface area contributed by atoms with E-state index in [1.54, 1.807) is 6.20 Å². The number of carbonyl (C=O) groups is 1. The fourth-order valence-electron chi connectivity index (χ4n) is 4.28. The number of aliphatic hydroxyl groups excluding tert-OH is 1. The average molecular weight is 589 g/mol. The van der Waals surface area contributed by atoms with E-state index in [9.17, 15) is 9.90 Å². The molecule has 4 heterocycles. The third kappa shape index (κ3) is 6.19. The van der Waals surface area contributed by atoms with Gasteiger partial charge in [0.25, 0.3) is 0 Å². The highest BCUT2D eigenvalue weighted by atomic mass is 127. The number of halogens is 1. The molecule has 35 heavy (non-hydrogen) atoms. The molecule has 0 aliphatic carbocycles. The van der Waals surface area contributed by atoms with Crippen molar-refractivity contribution in [1.29, 1.82) is 0 Å². The van der Waals surface area contributed by atoms with E-state index in [4.69, 9.17) is 14.7 Å². The molecule has 0 spiro atoms. The van der Waals surface area contributed by atoms with Gasteiger partial charge in [-0.05, 0) is 85.5 Å². The molecule has 0 saturated carbocycles. The SMILES string of the molecule is C[C@@H]1CN(c2ccc(I)c(-c3ccc4cnc(CNC(=O)OC(C)(C)C)cc4n3)n2)C[C@H](C)C1O. The summed E-state index contributed by atoms with van der Waals surface area (Å²) >= 11 is 2.29. The van der Waals surface area contributed by atoms with Crippen LogP contribution in [0.1, 0.15) is 40.3 Å². The number of hydrogen-bond acceptors (Lipinski definition) is 7. The Bertz CT molecular complexity index is 1220. The summed E-state index contributed by atoms with van der Waals surface area (Å²) in [5.74, 6) is 1.26. The molecule has 3 atom stereocenters. The van der Waals surface area contributed by atoms with E-state index >= 15 is 0 Å². The fraction of sp³-hybridized carbons (Fsp3) is 0.462. The van der Waals surface area contributed by atoms with Crippen molar-refractivity contribution in [2.75, 3.05) is 18.0 Å². The van der Waals surface area contributed by atoms with E-state index in [0.717, 1.165) is 44.8 Å². The van der Waals surface area contributed by atoms with E-state index in [-0.39, 0.29) is 24.5 Å². The van der Waals surface area contributed by atoms with Crippen LogP contribution in [0.25, 0.3) is 22.3 Å². The lowest BCUT2D eigenvalue weighted by Crippen LogP contribution is -2.47. The number of nitrogens with one attached hydrogen (secondary N) is 1. The predicted octanol–water partition coefficient (Wildman–Crippen LogP) is 4.77. The molecule has 0 radical (unpaired) electrons. The largest absolute Gasteiger partial charge is 0.444 e. The number of pyridine rings is 3. The lowest BCUT2D eigenvalue weighted by Gasteiger charge is -2.39. The predicted molar refractivity (Wildman–Crippen MR) is 145 cm³/mol. The van der Waals surface area contributed by atoms with Crippen molar-refractivity contribution in [3.05, 3.63) is 45.8 Å². The third-order valence-electron chi connectivity index (χ3n) is 6.02. The molecule has 3 aromatic heterocycles. The Morgan fingerprint density at radius 3 is 2.57 bits per heavy atom. The summed E-state index contributed by atoms with van der Waals surface area (Å²) in [6.07, 6.45) is 0.990. The van der Waals surface area contributed by atoms with Gasteiger partial charge in [-0.3, -0.25) is 4.98 Å². The highest BCUT2D eigenvalue weighted by Crippen LogP contribution is 2.30. The van der Waals surface area contributed by atoms with Crippen LogP contribution in [-0.4, -0.2) is 50.9 Å². The second-order valence-corrected chi connectivity index (χ2v) is 11.4. The Morgan fingerprint density at radius 1 is 1.17 bits per heavy atom. The van der Waals surface area contributed by atoms with Crippen molar-refractivity contribution in [2.24, 2.45) is 11.8 Å². The summed E-state index contributed by atoms with van der Waals surface area (Å²) in [7, 11) is 0. The molecule has 1 saturated heterocycles. The van der Waals surface area contributed by atoms with E-state index in [2.05, 4.69) is 57.7 Å². The molecule has 4 rings (SSSR count). The maximum Gasteiger partial charge on any atom is 0.407 e. The van der Waals surface area contributed by atoms with E-state index in [0.29, 0.717) is 5.69 Å². The van der Waals surface area contributed by atoms with Crippen molar-refractivity contribution in [3.8, 4) is 11.4 Å². The Balaban J connectivity index is 1.58. The number of rotatable bonds is 4. The third-order valence-corrected chi connectivity index (χ3v) is 6.89. The minimum Gasteiger partial charge on any atom is -0.444 e. The molecular formula is C26H32IN5O3. The number of ether oxygens (including phenoxy) is 1. The first-order chi connectivity index (χ1) is 16.5. The lowest BCUT2D eigenvalue weighted by molar-refractivity contribution is 0.0521. The van der Waals surface area contributed by atoms with Crippen molar-refractivity contribution >= 4 is 45.4 Å². The molecule has 1 unspecified atom stereocenters. The number of anilines is 1.